The number of para-hydroxylation sites is 1. The zero-order valence-electron chi connectivity index (χ0n) is 17.7. The van der Waals surface area contributed by atoms with Crippen molar-refractivity contribution in [2.45, 2.75) is 33.2 Å². The van der Waals surface area contributed by atoms with Crippen LogP contribution in [0.15, 0.2) is 42.7 Å². The van der Waals surface area contributed by atoms with E-state index in [0.29, 0.717) is 27.8 Å². The van der Waals surface area contributed by atoms with Crippen LogP contribution in [-0.2, 0) is 17.8 Å². The maximum Gasteiger partial charge on any atom is 0.276 e. The van der Waals surface area contributed by atoms with Crippen LogP contribution < -0.4 is 16.1 Å². The second kappa shape index (κ2) is 8.56. The Kier molecular flexibility index (Phi) is 5.84. The van der Waals surface area contributed by atoms with Gasteiger partial charge in [-0.15, -0.1) is 0 Å². The summed E-state index contributed by atoms with van der Waals surface area (Å²) in [5.41, 5.74) is 6.33. The molecule has 9 heteroatoms. The lowest BCUT2D eigenvalue weighted by Crippen LogP contribution is -2.26. The van der Waals surface area contributed by atoms with Gasteiger partial charge >= 0.3 is 0 Å². The number of carbonyl (C=O) groups excluding carboxylic acids is 1. The summed E-state index contributed by atoms with van der Waals surface area (Å²) >= 11 is 6.38. The van der Waals surface area contributed by atoms with Gasteiger partial charge in [0.05, 0.1) is 52.8 Å². The highest BCUT2D eigenvalue weighted by molar-refractivity contribution is 6.33. The Hall–Kier alpha value is -3.10. The van der Waals surface area contributed by atoms with Crippen LogP contribution in [0, 0.1) is 5.41 Å². The molecule has 1 aromatic carbocycles. The van der Waals surface area contributed by atoms with E-state index < -0.39 is 0 Å². The number of aromatic nitrogens is 3. The molecule has 0 saturated heterocycles. The number of carbonyl (C=O) groups is 1. The molecule has 1 amide bonds. The highest BCUT2D eigenvalue weighted by Crippen LogP contribution is 2.36. The van der Waals surface area contributed by atoms with E-state index >= 15 is 0 Å². The van der Waals surface area contributed by atoms with E-state index in [4.69, 9.17) is 16.4 Å². The number of anilines is 4. The minimum Gasteiger partial charge on any atom is -0.353 e. The van der Waals surface area contributed by atoms with E-state index in [-0.39, 0.29) is 11.3 Å². The lowest BCUT2D eigenvalue weighted by Gasteiger charge is -2.30. The molecule has 3 heterocycles. The summed E-state index contributed by atoms with van der Waals surface area (Å²) in [7, 11) is 1.39. The second-order valence-corrected chi connectivity index (χ2v) is 8.71. The van der Waals surface area contributed by atoms with Crippen LogP contribution in [0.1, 0.15) is 36.3 Å². The predicted molar refractivity (Wildman–Crippen MR) is 121 cm³/mol. The SMILES string of the molecule is CONC(=O)c1ccccc1Nc1cc(Nc2cnn3c2CC(C)(C)CC3)ncc1Cl. The third-order valence-electron chi connectivity index (χ3n) is 5.35. The zero-order chi connectivity index (χ0) is 22.0. The molecule has 0 saturated carbocycles. The molecule has 0 aliphatic carbocycles. The normalized spacial score (nSPS) is 14.6. The van der Waals surface area contributed by atoms with Crippen molar-refractivity contribution in [2.24, 2.45) is 5.41 Å². The Bertz CT molecular complexity index is 1110. The Morgan fingerprint density at radius 2 is 1.97 bits per heavy atom. The highest BCUT2D eigenvalue weighted by Gasteiger charge is 2.28. The molecule has 0 atom stereocenters. The number of nitrogens with one attached hydrogen (secondary N) is 3. The summed E-state index contributed by atoms with van der Waals surface area (Å²) in [6.07, 6.45) is 5.45. The molecule has 31 heavy (non-hydrogen) atoms. The Morgan fingerprint density at radius 3 is 2.77 bits per heavy atom. The number of fused-ring (bicyclic) bond motifs is 1. The van der Waals surface area contributed by atoms with Gasteiger partial charge in [0.1, 0.15) is 5.82 Å². The zero-order valence-corrected chi connectivity index (χ0v) is 18.5. The molecule has 8 nitrogen and oxygen atoms in total. The van der Waals surface area contributed by atoms with Crippen molar-refractivity contribution in [3.05, 3.63) is 59.0 Å². The number of halogens is 1. The Morgan fingerprint density at radius 1 is 1.16 bits per heavy atom. The lowest BCUT2D eigenvalue weighted by molar-refractivity contribution is 0.0538. The van der Waals surface area contributed by atoms with E-state index in [9.17, 15) is 4.79 Å². The number of aryl methyl sites for hydroxylation is 1. The molecule has 0 radical (unpaired) electrons. The van der Waals surface area contributed by atoms with E-state index in [1.165, 1.54) is 12.8 Å². The molecule has 3 aromatic rings. The molecule has 0 spiro atoms. The molecule has 0 bridgehead atoms. The Balaban J connectivity index is 1.59. The largest absolute Gasteiger partial charge is 0.353 e. The van der Waals surface area contributed by atoms with Crippen LogP contribution in [0.3, 0.4) is 0 Å². The first kappa shape index (κ1) is 21.1. The van der Waals surface area contributed by atoms with Crippen LogP contribution >= 0.6 is 11.6 Å². The smallest absolute Gasteiger partial charge is 0.276 e. The van der Waals surface area contributed by atoms with E-state index in [0.717, 1.165) is 25.1 Å². The fourth-order valence-electron chi connectivity index (χ4n) is 3.67. The van der Waals surface area contributed by atoms with Crippen molar-refractivity contribution in [3.63, 3.8) is 0 Å². The van der Waals surface area contributed by atoms with Crippen molar-refractivity contribution in [3.8, 4) is 0 Å². The highest BCUT2D eigenvalue weighted by atomic mass is 35.5. The molecule has 0 unspecified atom stereocenters. The van der Waals surface area contributed by atoms with Crippen LogP contribution in [0.5, 0.6) is 0 Å². The van der Waals surface area contributed by atoms with Crippen molar-refractivity contribution in [1.29, 1.82) is 0 Å². The number of amides is 1. The third-order valence-corrected chi connectivity index (χ3v) is 5.65. The molecule has 4 rings (SSSR count). The maximum atomic E-state index is 12.3. The van der Waals surface area contributed by atoms with Crippen LogP contribution in [0.4, 0.5) is 22.9 Å². The van der Waals surface area contributed by atoms with Crippen LogP contribution in [0.2, 0.25) is 5.02 Å². The van der Waals surface area contributed by atoms with Crippen LogP contribution in [0.25, 0.3) is 0 Å². The van der Waals surface area contributed by atoms with Gasteiger partial charge in [0.2, 0.25) is 0 Å². The van der Waals surface area contributed by atoms with Crippen LogP contribution in [-0.4, -0.2) is 27.8 Å². The summed E-state index contributed by atoms with van der Waals surface area (Å²) in [6.45, 7) is 5.45. The first-order valence-corrected chi connectivity index (χ1v) is 10.4. The standard InChI is InChI=1S/C22H25ClN6O2/c1-22(2)8-9-29-19(11-22)18(13-25-29)27-20-10-17(15(23)12-24-20)26-16-7-5-4-6-14(16)21(30)28-31-3/h4-7,10,12-13H,8-9,11H2,1-3H3,(H,28,30)(H2,24,26,27). The lowest BCUT2D eigenvalue weighted by atomic mass is 9.82. The number of hydroxylamine groups is 1. The number of hydrogen-bond donors (Lipinski definition) is 3. The van der Waals surface area contributed by atoms with Gasteiger partial charge in [-0.05, 0) is 30.4 Å². The van der Waals surface area contributed by atoms with E-state index in [1.807, 2.05) is 23.0 Å². The monoisotopic (exact) mass is 440 g/mol. The molecule has 1 aliphatic heterocycles. The minimum absolute atomic E-state index is 0.235. The summed E-state index contributed by atoms with van der Waals surface area (Å²) < 4.78 is 2.05. The number of pyridine rings is 1. The molecule has 1 aliphatic rings. The van der Waals surface area contributed by atoms with Gasteiger partial charge in [-0.1, -0.05) is 37.6 Å². The molecular formula is C22H25ClN6O2. The van der Waals surface area contributed by atoms with Gasteiger partial charge in [-0.3, -0.25) is 14.3 Å². The molecule has 3 N–H and O–H groups in total. The van der Waals surface area contributed by atoms with Gasteiger partial charge < -0.3 is 10.6 Å². The molecule has 162 valence electrons. The average Bonchev–Trinajstić information content (AvgIpc) is 3.11. The Labute approximate surface area is 185 Å². The summed E-state index contributed by atoms with van der Waals surface area (Å²) in [4.78, 5) is 21.4. The number of hydrogen-bond acceptors (Lipinski definition) is 6. The van der Waals surface area contributed by atoms with Gasteiger partial charge in [0.25, 0.3) is 5.91 Å². The van der Waals surface area contributed by atoms with Crippen molar-refractivity contribution in [1.82, 2.24) is 20.2 Å². The van der Waals surface area contributed by atoms with E-state index in [2.05, 4.69) is 40.0 Å². The summed E-state index contributed by atoms with van der Waals surface area (Å²) in [6, 6.07) is 8.92. The predicted octanol–water partition coefficient (Wildman–Crippen LogP) is 4.68. The van der Waals surface area contributed by atoms with Crippen molar-refractivity contribution >= 4 is 40.4 Å². The summed E-state index contributed by atoms with van der Waals surface area (Å²) in [5, 5.41) is 11.5. The number of rotatable bonds is 6. The second-order valence-electron chi connectivity index (χ2n) is 8.30. The average molecular weight is 441 g/mol. The van der Waals surface area contributed by atoms with Gasteiger partial charge in [0, 0.05) is 12.6 Å². The minimum atomic E-state index is -0.358. The maximum absolute atomic E-state index is 12.3. The quantitative estimate of drug-likeness (QED) is 0.482. The first-order chi connectivity index (χ1) is 14.9. The first-order valence-electron chi connectivity index (χ1n) is 10.0. The third kappa shape index (κ3) is 4.65. The van der Waals surface area contributed by atoms with Crippen molar-refractivity contribution in [2.75, 3.05) is 17.7 Å². The molecule has 2 aromatic heterocycles. The molecule has 0 fully saturated rings. The fourth-order valence-corrected chi connectivity index (χ4v) is 3.82. The number of benzene rings is 1. The summed E-state index contributed by atoms with van der Waals surface area (Å²) in [5.74, 6) is 0.271. The topological polar surface area (TPSA) is 93.1 Å². The van der Waals surface area contributed by atoms with Crippen molar-refractivity contribution < 1.29 is 9.63 Å². The van der Waals surface area contributed by atoms with E-state index in [1.54, 1.807) is 24.4 Å². The van der Waals surface area contributed by atoms with Gasteiger partial charge in [-0.25, -0.2) is 10.5 Å². The molecular weight excluding hydrogens is 416 g/mol. The van der Waals surface area contributed by atoms with Gasteiger partial charge in [0.15, 0.2) is 0 Å². The fraction of sp³-hybridized carbons (Fsp3) is 0.318. The van der Waals surface area contributed by atoms with Gasteiger partial charge in [-0.2, -0.15) is 5.10 Å². The number of nitrogens with zero attached hydrogens (tertiary/aromatic N) is 3.